The lowest BCUT2D eigenvalue weighted by atomic mass is 10.2. The Morgan fingerprint density at radius 2 is 1.70 bits per heavy atom. The lowest BCUT2D eigenvalue weighted by molar-refractivity contribution is 0.570. The van der Waals surface area contributed by atoms with Gasteiger partial charge in [0.2, 0.25) is 10.0 Å². The van der Waals surface area contributed by atoms with Crippen molar-refractivity contribution in [2.24, 2.45) is 5.14 Å². The van der Waals surface area contributed by atoms with E-state index in [2.05, 4.69) is 4.72 Å². The van der Waals surface area contributed by atoms with Gasteiger partial charge in [-0.15, -0.1) is 0 Å². The smallest absolute Gasteiger partial charge is 0.264 e. The van der Waals surface area contributed by atoms with Crippen LogP contribution >= 0.6 is 11.6 Å². The normalized spacial score (nSPS) is 12.2. The van der Waals surface area contributed by atoms with Crippen molar-refractivity contribution in [3.8, 4) is 0 Å². The molecular weight excluding hydrogens is 367 g/mol. The first-order valence-electron chi connectivity index (χ1n) is 6.12. The first-order valence-corrected chi connectivity index (χ1v) is 9.53. The van der Waals surface area contributed by atoms with Crippen molar-refractivity contribution < 1.29 is 21.2 Å². The summed E-state index contributed by atoms with van der Waals surface area (Å²) in [6.07, 6.45) is 0. The van der Waals surface area contributed by atoms with E-state index in [0.29, 0.717) is 5.56 Å². The van der Waals surface area contributed by atoms with Crippen LogP contribution < -0.4 is 9.86 Å². The van der Waals surface area contributed by atoms with E-state index in [1.165, 1.54) is 25.1 Å². The van der Waals surface area contributed by atoms with Gasteiger partial charge in [-0.25, -0.2) is 26.4 Å². The van der Waals surface area contributed by atoms with E-state index in [1.54, 1.807) is 0 Å². The summed E-state index contributed by atoms with van der Waals surface area (Å²) in [5, 5.41) is 5.11. The summed E-state index contributed by atoms with van der Waals surface area (Å²) in [6.45, 7) is 1.51. The lowest BCUT2D eigenvalue weighted by Crippen LogP contribution is -2.17. The van der Waals surface area contributed by atoms with Gasteiger partial charge < -0.3 is 0 Å². The van der Waals surface area contributed by atoms with Crippen molar-refractivity contribution in [2.45, 2.75) is 16.7 Å². The molecule has 0 aliphatic carbocycles. The second-order valence-corrected chi connectivity index (χ2v) is 8.32. The van der Waals surface area contributed by atoms with Gasteiger partial charge in [-0.1, -0.05) is 17.7 Å². The van der Waals surface area contributed by atoms with Crippen LogP contribution in [0.4, 0.5) is 10.1 Å². The second kappa shape index (κ2) is 6.08. The quantitative estimate of drug-likeness (QED) is 0.850. The molecule has 6 nitrogen and oxygen atoms in total. The number of rotatable bonds is 4. The summed E-state index contributed by atoms with van der Waals surface area (Å²) in [5.74, 6) is -1.02. The number of sulfonamides is 2. The molecule has 0 bridgehead atoms. The average molecular weight is 379 g/mol. The van der Waals surface area contributed by atoms with Crippen molar-refractivity contribution >= 4 is 37.3 Å². The molecule has 0 saturated carbocycles. The molecule has 23 heavy (non-hydrogen) atoms. The number of anilines is 1. The molecule has 0 atom stereocenters. The monoisotopic (exact) mass is 378 g/mol. The Morgan fingerprint density at radius 1 is 1.04 bits per heavy atom. The maximum atomic E-state index is 13.8. The minimum atomic E-state index is -4.26. The molecule has 0 heterocycles. The van der Waals surface area contributed by atoms with Gasteiger partial charge in [0, 0.05) is 5.02 Å². The Labute approximate surface area is 138 Å². The third kappa shape index (κ3) is 3.99. The topological polar surface area (TPSA) is 106 Å². The molecule has 3 N–H and O–H groups in total. The minimum absolute atomic E-state index is 0.0493. The highest BCUT2D eigenvalue weighted by Gasteiger charge is 2.21. The number of benzene rings is 2. The van der Waals surface area contributed by atoms with E-state index in [4.69, 9.17) is 16.7 Å². The molecule has 0 radical (unpaired) electrons. The summed E-state index contributed by atoms with van der Waals surface area (Å²) in [5.41, 5.74) is 0.294. The van der Waals surface area contributed by atoms with Crippen LogP contribution in [0.2, 0.25) is 5.02 Å². The van der Waals surface area contributed by atoms with Crippen LogP contribution in [-0.4, -0.2) is 16.8 Å². The molecule has 2 rings (SSSR count). The predicted octanol–water partition coefficient (Wildman–Crippen LogP) is 2.24. The SMILES string of the molecule is Cc1ccc(NS(=O)(=O)c2ccc(Cl)cc2F)cc1S(N)(=O)=O. The van der Waals surface area contributed by atoms with Gasteiger partial charge in [0.15, 0.2) is 0 Å². The summed E-state index contributed by atoms with van der Waals surface area (Å²) in [6, 6.07) is 6.89. The zero-order chi connectivity index (χ0) is 17.4. The highest BCUT2D eigenvalue weighted by Crippen LogP contribution is 2.24. The summed E-state index contributed by atoms with van der Waals surface area (Å²) in [4.78, 5) is -0.839. The first-order chi connectivity index (χ1) is 10.5. The fourth-order valence-electron chi connectivity index (χ4n) is 1.87. The number of aryl methyl sites for hydroxylation is 1. The van der Waals surface area contributed by atoms with Crippen LogP contribution in [0.25, 0.3) is 0 Å². The molecule has 10 heteroatoms. The molecule has 0 amide bonds. The van der Waals surface area contributed by atoms with Crippen molar-refractivity contribution in [1.82, 2.24) is 0 Å². The second-order valence-electron chi connectivity index (χ2n) is 4.71. The van der Waals surface area contributed by atoms with E-state index in [1.807, 2.05) is 0 Å². The number of halogens is 2. The minimum Gasteiger partial charge on any atom is -0.279 e. The zero-order valence-corrected chi connectivity index (χ0v) is 14.1. The molecule has 0 aliphatic heterocycles. The van der Waals surface area contributed by atoms with Crippen LogP contribution in [0, 0.1) is 12.7 Å². The maximum absolute atomic E-state index is 13.8. The molecule has 2 aromatic rings. The highest BCUT2D eigenvalue weighted by molar-refractivity contribution is 7.92. The fraction of sp³-hybridized carbons (Fsp3) is 0.0769. The summed E-state index contributed by atoms with van der Waals surface area (Å²) in [7, 11) is -8.27. The third-order valence-corrected chi connectivity index (χ3v) is 5.63. The lowest BCUT2D eigenvalue weighted by Gasteiger charge is -2.11. The molecule has 0 spiro atoms. The molecule has 124 valence electrons. The van der Waals surface area contributed by atoms with E-state index in [0.717, 1.165) is 18.2 Å². The van der Waals surface area contributed by atoms with Crippen LogP contribution in [0.5, 0.6) is 0 Å². The van der Waals surface area contributed by atoms with Gasteiger partial charge in [0.1, 0.15) is 10.7 Å². The molecule has 0 unspecified atom stereocenters. The van der Waals surface area contributed by atoms with Gasteiger partial charge in [0.05, 0.1) is 10.6 Å². The van der Waals surface area contributed by atoms with Crippen molar-refractivity contribution in [3.63, 3.8) is 0 Å². The number of hydrogen-bond acceptors (Lipinski definition) is 4. The fourth-order valence-corrected chi connectivity index (χ4v) is 3.95. The Kier molecular flexibility index (Phi) is 4.67. The molecule has 0 fully saturated rings. The molecule has 0 aliphatic rings. The van der Waals surface area contributed by atoms with E-state index in [-0.39, 0.29) is 15.6 Å². The van der Waals surface area contributed by atoms with E-state index < -0.39 is 30.8 Å². The Balaban J connectivity index is 2.46. The molecular formula is C13H12ClFN2O4S2. The van der Waals surface area contributed by atoms with Gasteiger partial charge in [0.25, 0.3) is 10.0 Å². The molecule has 0 aromatic heterocycles. The Morgan fingerprint density at radius 3 is 2.26 bits per heavy atom. The third-order valence-electron chi connectivity index (χ3n) is 2.93. The number of primary sulfonamides is 1. The average Bonchev–Trinajstić information content (AvgIpc) is 2.39. The first kappa shape index (κ1) is 17.7. The van der Waals surface area contributed by atoms with Crippen molar-refractivity contribution in [2.75, 3.05) is 4.72 Å². The van der Waals surface area contributed by atoms with Gasteiger partial charge in [-0.2, -0.15) is 0 Å². The van der Waals surface area contributed by atoms with Crippen LogP contribution in [0.15, 0.2) is 46.2 Å². The van der Waals surface area contributed by atoms with Crippen molar-refractivity contribution in [3.05, 3.63) is 52.8 Å². The van der Waals surface area contributed by atoms with Gasteiger partial charge in [-0.3, -0.25) is 4.72 Å². The Bertz CT molecular complexity index is 975. The van der Waals surface area contributed by atoms with Gasteiger partial charge >= 0.3 is 0 Å². The van der Waals surface area contributed by atoms with Crippen molar-refractivity contribution in [1.29, 1.82) is 0 Å². The van der Waals surface area contributed by atoms with Crippen LogP contribution in [0.1, 0.15) is 5.56 Å². The van der Waals surface area contributed by atoms with Gasteiger partial charge in [-0.05, 0) is 42.8 Å². The highest BCUT2D eigenvalue weighted by atomic mass is 35.5. The number of nitrogens with two attached hydrogens (primary N) is 1. The number of hydrogen-bond donors (Lipinski definition) is 2. The molecule has 0 saturated heterocycles. The Hall–Kier alpha value is -1.68. The summed E-state index contributed by atoms with van der Waals surface area (Å²) >= 11 is 5.58. The summed E-state index contributed by atoms with van der Waals surface area (Å²) < 4.78 is 63.2. The molecule has 2 aromatic carbocycles. The van der Waals surface area contributed by atoms with Crippen LogP contribution in [0.3, 0.4) is 0 Å². The van der Waals surface area contributed by atoms with E-state index >= 15 is 0 Å². The van der Waals surface area contributed by atoms with E-state index in [9.17, 15) is 21.2 Å². The standard InChI is InChI=1S/C13H12ClFN2O4S2/c1-8-2-4-10(7-13(8)22(16,18)19)17-23(20,21)12-5-3-9(14)6-11(12)15/h2-7,17H,1H3,(H2,16,18,19). The number of nitrogens with one attached hydrogen (secondary N) is 1. The maximum Gasteiger partial charge on any atom is 0.264 e. The largest absolute Gasteiger partial charge is 0.279 e. The zero-order valence-electron chi connectivity index (χ0n) is 11.7. The van der Waals surface area contributed by atoms with Crippen LogP contribution in [-0.2, 0) is 20.0 Å². The predicted molar refractivity (Wildman–Crippen MR) is 84.8 cm³/mol.